The molecular weight excluding hydrogens is 375 g/mol. The summed E-state index contributed by atoms with van der Waals surface area (Å²) >= 11 is 13.6. The van der Waals surface area contributed by atoms with Crippen LogP contribution in [0, 0.1) is 0 Å². The molecule has 3 nitrogen and oxygen atoms in total. The van der Waals surface area contributed by atoms with E-state index in [0.717, 1.165) is 11.3 Å². The van der Waals surface area contributed by atoms with Gasteiger partial charge < -0.3 is 5.32 Å². The number of amidine groups is 1. The van der Waals surface area contributed by atoms with Gasteiger partial charge in [-0.25, -0.2) is 4.99 Å². The third-order valence-corrected chi connectivity index (χ3v) is 5.67. The third-order valence-electron chi connectivity index (χ3n) is 3.98. The molecule has 2 aromatic rings. The van der Waals surface area contributed by atoms with Crippen LogP contribution in [0.1, 0.15) is 30.9 Å². The highest BCUT2D eigenvalue weighted by Gasteiger charge is 2.30. The molecule has 0 spiro atoms. The predicted molar refractivity (Wildman–Crippen MR) is 107 cm³/mol. The Morgan fingerprint density at radius 1 is 1.16 bits per heavy atom. The maximum Gasteiger partial charge on any atom is 0.239 e. The van der Waals surface area contributed by atoms with Crippen LogP contribution < -0.4 is 5.32 Å². The van der Waals surface area contributed by atoms with E-state index < -0.39 is 0 Å². The molecule has 0 unspecified atom stereocenters. The standard InChI is InChI=1S/C19H18Cl2N2OS/c1-11(2)12-3-6-15(7-4-12)22-19-23-18(24)17(25-19)10-13-9-14(20)5-8-16(13)21/h3-9,11,17H,10H2,1-2H3,(H,22,23,24)/t17-/m0/s1. The minimum absolute atomic E-state index is 0.0569. The molecule has 130 valence electrons. The smallest absolute Gasteiger partial charge is 0.239 e. The summed E-state index contributed by atoms with van der Waals surface area (Å²) in [5, 5.41) is 4.43. The quantitative estimate of drug-likeness (QED) is 0.737. The van der Waals surface area contributed by atoms with Crippen molar-refractivity contribution in [3.63, 3.8) is 0 Å². The number of thioether (sulfide) groups is 1. The molecule has 1 amide bonds. The van der Waals surface area contributed by atoms with Gasteiger partial charge >= 0.3 is 0 Å². The van der Waals surface area contributed by atoms with Crippen LogP contribution in [0.15, 0.2) is 47.5 Å². The summed E-state index contributed by atoms with van der Waals surface area (Å²) < 4.78 is 0. The molecule has 0 aliphatic carbocycles. The average Bonchev–Trinajstić information content (AvgIpc) is 2.91. The van der Waals surface area contributed by atoms with Crippen LogP contribution >= 0.6 is 35.0 Å². The molecule has 1 aliphatic rings. The number of amides is 1. The largest absolute Gasteiger partial charge is 0.304 e. The fourth-order valence-electron chi connectivity index (χ4n) is 2.54. The minimum Gasteiger partial charge on any atom is -0.304 e. The number of aliphatic imine (C=N–C) groups is 1. The molecule has 0 aromatic heterocycles. The van der Waals surface area contributed by atoms with Crippen molar-refractivity contribution in [3.8, 4) is 0 Å². The number of nitrogens with one attached hydrogen (secondary N) is 1. The number of carbonyl (C=O) groups is 1. The number of rotatable bonds is 4. The van der Waals surface area contributed by atoms with Gasteiger partial charge in [0.15, 0.2) is 5.17 Å². The van der Waals surface area contributed by atoms with E-state index in [1.54, 1.807) is 18.2 Å². The lowest BCUT2D eigenvalue weighted by Crippen LogP contribution is -2.26. The molecule has 1 atom stereocenters. The van der Waals surface area contributed by atoms with Crippen molar-refractivity contribution in [3.05, 3.63) is 63.6 Å². The van der Waals surface area contributed by atoms with Crippen molar-refractivity contribution in [2.24, 2.45) is 4.99 Å². The first-order valence-electron chi connectivity index (χ1n) is 8.02. The molecule has 6 heteroatoms. The van der Waals surface area contributed by atoms with E-state index in [4.69, 9.17) is 23.2 Å². The molecule has 0 radical (unpaired) electrons. The van der Waals surface area contributed by atoms with E-state index in [1.165, 1.54) is 17.3 Å². The van der Waals surface area contributed by atoms with Gasteiger partial charge in [-0.05, 0) is 53.8 Å². The van der Waals surface area contributed by atoms with Crippen LogP contribution in [-0.4, -0.2) is 16.3 Å². The topological polar surface area (TPSA) is 41.5 Å². The summed E-state index contributed by atoms with van der Waals surface area (Å²) in [6.45, 7) is 4.30. The Balaban J connectivity index is 1.72. The third kappa shape index (κ3) is 4.57. The number of benzene rings is 2. The molecule has 0 bridgehead atoms. The maximum absolute atomic E-state index is 12.2. The van der Waals surface area contributed by atoms with Gasteiger partial charge in [-0.3, -0.25) is 4.79 Å². The number of hydrogen-bond acceptors (Lipinski definition) is 3. The van der Waals surface area contributed by atoms with Crippen LogP contribution in [0.4, 0.5) is 5.69 Å². The molecule has 3 rings (SSSR count). The zero-order valence-electron chi connectivity index (χ0n) is 13.9. The first kappa shape index (κ1) is 18.3. The van der Waals surface area contributed by atoms with Gasteiger partial charge in [0.05, 0.1) is 10.9 Å². The molecule has 2 aromatic carbocycles. The van der Waals surface area contributed by atoms with Gasteiger partial charge in [0, 0.05) is 10.0 Å². The van der Waals surface area contributed by atoms with Crippen LogP contribution in [0.2, 0.25) is 10.0 Å². The second-order valence-corrected chi connectivity index (χ2v) is 8.23. The summed E-state index contributed by atoms with van der Waals surface area (Å²) in [5.74, 6) is 0.424. The molecule has 1 N–H and O–H groups in total. The Morgan fingerprint density at radius 2 is 1.88 bits per heavy atom. The Labute approximate surface area is 161 Å². The van der Waals surface area contributed by atoms with Crippen molar-refractivity contribution in [1.29, 1.82) is 0 Å². The predicted octanol–water partition coefficient (Wildman–Crippen LogP) is 5.58. The summed E-state index contributed by atoms with van der Waals surface area (Å²) in [5.41, 5.74) is 2.96. The van der Waals surface area contributed by atoms with Gasteiger partial charge in [-0.15, -0.1) is 0 Å². The van der Waals surface area contributed by atoms with Gasteiger partial charge in [0.2, 0.25) is 5.91 Å². The van der Waals surface area contributed by atoms with Crippen LogP contribution in [0.5, 0.6) is 0 Å². The van der Waals surface area contributed by atoms with E-state index in [2.05, 4.69) is 36.3 Å². The highest BCUT2D eigenvalue weighted by Crippen LogP contribution is 2.29. The van der Waals surface area contributed by atoms with E-state index in [9.17, 15) is 4.79 Å². The average molecular weight is 393 g/mol. The van der Waals surface area contributed by atoms with E-state index in [1.807, 2.05) is 12.1 Å². The Kier molecular flexibility index (Phi) is 5.72. The normalized spacial score (nSPS) is 18.8. The first-order valence-corrected chi connectivity index (χ1v) is 9.66. The van der Waals surface area contributed by atoms with Crippen molar-refractivity contribution in [1.82, 2.24) is 5.32 Å². The fraction of sp³-hybridized carbons (Fsp3) is 0.263. The van der Waals surface area contributed by atoms with Crippen molar-refractivity contribution >= 4 is 51.7 Å². The monoisotopic (exact) mass is 392 g/mol. The van der Waals surface area contributed by atoms with E-state index >= 15 is 0 Å². The maximum atomic E-state index is 12.2. The Morgan fingerprint density at radius 3 is 2.56 bits per heavy atom. The minimum atomic E-state index is -0.260. The van der Waals surface area contributed by atoms with Gasteiger partial charge in [-0.1, -0.05) is 60.9 Å². The zero-order chi connectivity index (χ0) is 18.0. The second kappa shape index (κ2) is 7.81. The highest BCUT2D eigenvalue weighted by molar-refractivity contribution is 8.15. The summed E-state index contributed by atoms with van der Waals surface area (Å²) in [7, 11) is 0. The number of hydrogen-bond donors (Lipinski definition) is 1. The summed E-state index contributed by atoms with van der Waals surface area (Å²) in [6, 6.07) is 13.4. The van der Waals surface area contributed by atoms with Gasteiger partial charge in [-0.2, -0.15) is 0 Å². The summed E-state index contributed by atoms with van der Waals surface area (Å²) in [6.07, 6.45) is 0.515. The molecule has 0 saturated carbocycles. The lowest BCUT2D eigenvalue weighted by atomic mass is 10.0. The molecule has 1 aliphatic heterocycles. The van der Waals surface area contributed by atoms with Gasteiger partial charge in [0.1, 0.15) is 0 Å². The Hall–Kier alpha value is -1.49. The van der Waals surface area contributed by atoms with Crippen molar-refractivity contribution in [2.75, 3.05) is 0 Å². The highest BCUT2D eigenvalue weighted by atomic mass is 35.5. The second-order valence-electron chi connectivity index (χ2n) is 6.20. The number of carbonyl (C=O) groups excluding carboxylic acids is 1. The number of halogens is 2. The van der Waals surface area contributed by atoms with Crippen LogP contribution in [0.3, 0.4) is 0 Å². The zero-order valence-corrected chi connectivity index (χ0v) is 16.3. The molecule has 1 fully saturated rings. The SMILES string of the molecule is CC(C)c1ccc(N=C2NC(=O)[C@H](Cc3cc(Cl)ccc3Cl)S2)cc1. The van der Waals surface area contributed by atoms with E-state index in [0.29, 0.717) is 27.6 Å². The lowest BCUT2D eigenvalue weighted by molar-refractivity contribution is -0.118. The molecule has 1 heterocycles. The van der Waals surface area contributed by atoms with Crippen molar-refractivity contribution < 1.29 is 4.79 Å². The summed E-state index contributed by atoms with van der Waals surface area (Å²) in [4.78, 5) is 16.8. The van der Waals surface area contributed by atoms with Crippen LogP contribution in [-0.2, 0) is 11.2 Å². The van der Waals surface area contributed by atoms with E-state index in [-0.39, 0.29) is 11.2 Å². The molecular formula is C19H18Cl2N2OS. The first-order chi connectivity index (χ1) is 11.9. The number of nitrogens with zero attached hydrogens (tertiary/aromatic N) is 1. The molecule has 25 heavy (non-hydrogen) atoms. The molecule has 1 saturated heterocycles. The van der Waals surface area contributed by atoms with Crippen LogP contribution in [0.25, 0.3) is 0 Å². The van der Waals surface area contributed by atoms with Crippen molar-refractivity contribution in [2.45, 2.75) is 31.4 Å². The van der Waals surface area contributed by atoms with Gasteiger partial charge in [0.25, 0.3) is 0 Å². The fourth-order valence-corrected chi connectivity index (χ4v) is 3.95. The Bertz CT molecular complexity index is 819. The lowest BCUT2D eigenvalue weighted by Gasteiger charge is -2.08.